The predicted molar refractivity (Wildman–Crippen MR) is 83.5 cm³/mol. The van der Waals surface area contributed by atoms with Crippen LogP contribution in [0.3, 0.4) is 0 Å². The molecule has 2 heterocycles. The van der Waals surface area contributed by atoms with Crippen LogP contribution in [-0.2, 0) is 13.1 Å². The molecular weight excluding hydrogens is 280 g/mol. The van der Waals surface area contributed by atoms with E-state index in [0.717, 1.165) is 18.6 Å². The van der Waals surface area contributed by atoms with Gasteiger partial charge in [-0.2, -0.15) is 5.10 Å². The third-order valence-corrected chi connectivity index (χ3v) is 3.50. The first-order valence-electron chi connectivity index (χ1n) is 7.24. The molecule has 1 aromatic carbocycles. The van der Waals surface area contributed by atoms with Crippen LogP contribution in [0.2, 0.25) is 0 Å². The van der Waals surface area contributed by atoms with Crippen molar-refractivity contribution in [1.29, 1.82) is 0 Å². The van der Waals surface area contributed by atoms with E-state index in [0.29, 0.717) is 11.9 Å². The van der Waals surface area contributed by atoms with Gasteiger partial charge in [0.2, 0.25) is 0 Å². The van der Waals surface area contributed by atoms with Crippen LogP contribution in [0.1, 0.15) is 6.92 Å². The second-order valence-electron chi connectivity index (χ2n) is 5.23. The summed E-state index contributed by atoms with van der Waals surface area (Å²) < 4.78 is 3.42. The second-order valence-corrected chi connectivity index (χ2v) is 5.23. The highest BCUT2D eigenvalue weighted by Gasteiger charge is 2.07. The quantitative estimate of drug-likeness (QED) is 0.723. The second kappa shape index (κ2) is 6.48. The van der Waals surface area contributed by atoms with Crippen LogP contribution in [0.4, 0.5) is 0 Å². The zero-order chi connectivity index (χ0) is 15.4. The molecule has 1 N–H and O–H groups in total. The van der Waals surface area contributed by atoms with E-state index in [2.05, 4.69) is 20.4 Å². The number of nitrogens with zero attached hydrogens (tertiary/aromatic N) is 5. The fraction of sp³-hybridized carbons (Fsp3) is 0.333. The average molecular weight is 298 g/mol. The van der Waals surface area contributed by atoms with Crippen molar-refractivity contribution in [1.82, 2.24) is 29.6 Å². The summed E-state index contributed by atoms with van der Waals surface area (Å²) in [5.41, 5.74) is 0.728. The molecule has 0 amide bonds. The Bertz CT molecular complexity index is 795. The van der Waals surface area contributed by atoms with Crippen LogP contribution >= 0.6 is 0 Å². The minimum Gasteiger partial charge on any atom is -0.311 e. The maximum absolute atomic E-state index is 12.4. The fourth-order valence-corrected chi connectivity index (χ4v) is 2.37. The van der Waals surface area contributed by atoms with Gasteiger partial charge >= 0.3 is 0 Å². The minimum atomic E-state index is -0.00414. The molecule has 3 rings (SSSR count). The number of fused-ring (bicyclic) bond motifs is 1. The topological polar surface area (TPSA) is 77.6 Å². The summed E-state index contributed by atoms with van der Waals surface area (Å²) in [6, 6.07) is 7.55. The first-order valence-corrected chi connectivity index (χ1v) is 7.24. The molecule has 22 heavy (non-hydrogen) atoms. The lowest BCUT2D eigenvalue weighted by Gasteiger charge is -2.15. The highest BCUT2D eigenvalue weighted by Crippen LogP contribution is 2.04. The number of para-hydroxylation sites is 1. The standard InChI is InChI=1S/C15H18N6O/c1-12(17-6-7-21-10-16-9-19-21)8-20-11-18-14-5-3-2-4-13(14)15(20)22/h2-5,9-12,17H,6-8H2,1H3/t12-/m1/s1. The van der Waals surface area contributed by atoms with Gasteiger partial charge in [0.05, 0.1) is 23.8 Å². The molecule has 1 atom stereocenters. The van der Waals surface area contributed by atoms with Gasteiger partial charge in [0, 0.05) is 19.1 Å². The molecule has 3 aromatic rings. The van der Waals surface area contributed by atoms with Crippen LogP contribution < -0.4 is 10.9 Å². The first-order chi connectivity index (χ1) is 10.7. The summed E-state index contributed by atoms with van der Waals surface area (Å²) in [6.07, 6.45) is 4.81. The molecule has 0 saturated carbocycles. The van der Waals surface area contributed by atoms with Crippen LogP contribution in [-0.4, -0.2) is 36.9 Å². The summed E-state index contributed by atoms with van der Waals surface area (Å²) in [5.74, 6) is 0. The molecule has 0 unspecified atom stereocenters. The first kappa shape index (κ1) is 14.4. The Morgan fingerprint density at radius 1 is 1.27 bits per heavy atom. The van der Waals surface area contributed by atoms with Crippen LogP contribution in [0.25, 0.3) is 10.9 Å². The van der Waals surface area contributed by atoms with Gasteiger partial charge in [-0.25, -0.2) is 9.97 Å². The van der Waals surface area contributed by atoms with Crippen molar-refractivity contribution in [2.75, 3.05) is 6.54 Å². The van der Waals surface area contributed by atoms with E-state index in [1.807, 2.05) is 31.2 Å². The summed E-state index contributed by atoms with van der Waals surface area (Å²) in [7, 11) is 0. The molecule has 7 heteroatoms. The Morgan fingerprint density at radius 3 is 2.95 bits per heavy atom. The number of rotatable bonds is 6. The number of hydrogen-bond donors (Lipinski definition) is 1. The smallest absolute Gasteiger partial charge is 0.261 e. The van der Waals surface area contributed by atoms with E-state index >= 15 is 0 Å². The Balaban J connectivity index is 1.62. The van der Waals surface area contributed by atoms with Gasteiger partial charge in [0.15, 0.2) is 0 Å². The summed E-state index contributed by atoms with van der Waals surface area (Å²) in [6.45, 7) is 4.13. The fourth-order valence-electron chi connectivity index (χ4n) is 2.37. The Hall–Kier alpha value is -2.54. The van der Waals surface area contributed by atoms with Crippen LogP contribution in [0.5, 0.6) is 0 Å². The van der Waals surface area contributed by atoms with Crippen molar-refractivity contribution in [2.24, 2.45) is 0 Å². The lowest BCUT2D eigenvalue weighted by atomic mass is 10.2. The van der Waals surface area contributed by atoms with Gasteiger partial charge in [0.25, 0.3) is 5.56 Å². The number of hydrogen-bond acceptors (Lipinski definition) is 5. The molecule has 0 saturated heterocycles. The van der Waals surface area contributed by atoms with Gasteiger partial charge in [-0.15, -0.1) is 0 Å². The SMILES string of the molecule is C[C@H](Cn1cnc2ccccc2c1=O)NCCn1cncn1. The Kier molecular flexibility index (Phi) is 4.24. The zero-order valence-corrected chi connectivity index (χ0v) is 12.4. The van der Waals surface area contributed by atoms with E-state index in [4.69, 9.17) is 0 Å². The van der Waals surface area contributed by atoms with E-state index in [1.54, 1.807) is 21.9 Å². The third kappa shape index (κ3) is 3.20. The molecular formula is C15H18N6O. The van der Waals surface area contributed by atoms with Crippen molar-refractivity contribution in [3.05, 3.63) is 53.6 Å². The maximum atomic E-state index is 12.4. The van der Waals surface area contributed by atoms with Crippen molar-refractivity contribution in [2.45, 2.75) is 26.1 Å². The molecule has 0 fully saturated rings. The van der Waals surface area contributed by atoms with Crippen LogP contribution in [0.15, 0.2) is 48.0 Å². The van der Waals surface area contributed by atoms with Gasteiger partial charge < -0.3 is 5.32 Å². The van der Waals surface area contributed by atoms with E-state index in [1.165, 1.54) is 6.33 Å². The number of nitrogens with one attached hydrogen (secondary N) is 1. The highest BCUT2D eigenvalue weighted by molar-refractivity contribution is 5.76. The lowest BCUT2D eigenvalue weighted by molar-refractivity contribution is 0.444. The van der Waals surface area contributed by atoms with Gasteiger partial charge in [-0.3, -0.25) is 14.0 Å². The van der Waals surface area contributed by atoms with E-state index in [9.17, 15) is 4.79 Å². The molecule has 0 radical (unpaired) electrons. The Morgan fingerprint density at radius 2 is 2.14 bits per heavy atom. The van der Waals surface area contributed by atoms with Gasteiger partial charge in [-0.1, -0.05) is 12.1 Å². The zero-order valence-electron chi connectivity index (χ0n) is 12.4. The third-order valence-electron chi connectivity index (χ3n) is 3.50. The number of benzene rings is 1. The number of aromatic nitrogens is 5. The predicted octanol–water partition coefficient (Wildman–Crippen LogP) is 0.666. The lowest BCUT2D eigenvalue weighted by Crippen LogP contribution is -2.36. The summed E-state index contributed by atoms with van der Waals surface area (Å²) >= 11 is 0. The van der Waals surface area contributed by atoms with E-state index < -0.39 is 0 Å². The van der Waals surface area contributed by atoms with Crippen molar-refractivity contribution in [3.8, 4) is 0 Å². The largest absolute Gasteiger partial charge is 0.311 e. The monoisotopic (exact) mass is 298 g/mol. The molecule has 0 spiro atoms. The molecule has 7 nitrogen and oxygen atoms in total. The molecule has 0 aliphatic rings. The van der Waals surface area contributed by atoms with Crippen molar-refractivity contribution >= 4 is 10.9 Å². The summed E-state index contributed by atoms with van der Waals surface area (Å²) in [4.78, 5) is 20.6. The molecule has 2 aromatic heterocycles. The van der Waals surface area contributed by atoms with Gasteiger partial charge in [0.1, 0.15) is 12.7 Å². The van der Waals surface area contributed by atoms with Crippen LogP contribution in [0, 0.1) is 0 Å². The van der Waals surface area contributed by atoms with E-state index in [-0.39, 0.29) is 11.6 Å². The van der Waals surface area contributed by atoms with Crippen molar-refractivity contribution < 1.29 is 0 Å². The minimum absolute atomic E-state index is 0.00414. The van der Waals surface area contributed by atoms with Gasteiger partial charge in [-0.05, 0) is 19.1 Å². The normalized spacial score (nSPS) is 12.6. The highest BCUT2D eigenvalue weighted by atomic mass is 16.1. The molecule has 114 valence electrons. The molecule has 0 bridgehead atoms. The maximum Gasteiger partial charge on any atom is 0.261 e. The summed E-state index contributed by atoms with van der Waals surface area (Å²) in [5, 5.41) is 8.07. The molecule has 0 aliphatic carbocycles. The average Bonchev–Trinajstić information content (AvgIpc) is 3.04. The molecule has 0 aliphatic heterocycles. The Labute approximate surface area is 127 Å². The van der Waals surface area contributed by atoms with Crippen molar-refractivity contribution in [3.63, 3.8) is 0 Å².